The molecule has 3 aromatic rings. The number of nitrogens with zero attached hydrogens (tertiary/aromatic N) is 4. The molecule has 0 atom stereocenters. The molecule has 11 heteroatoms. The topological polar surface area (TPSA) is 90.5 Å². The highest BCUT2D eigenvalue weighted by atomic mass is 35.5. The highest BCUT2D eigenvalue weighted by Crippen LogP contribution is 2.40. The first-order valence-corrected chi connectivity index (χ1v) is 14.4. The van der Waals surface area contributed by atoms with Crippen molar-refractivity contribution in [2.45, 2.75) is 24.3 Å². The Hall–Kier alpha value is -2.85. The number of anilines is 4. The van der Waals surface area contributed by atoms with E-state index in [1.54, 1.807) is 23.1 Å². The van der Waals surface area contributed by atoms with E-state index < -0.39 is 0 Å². The minimum absolute atomic E-state index is 0.209. The first-order valence-electron chi connectivity index (χ1n) is 12.6. The molecular formula is C27H26Cl2N6O2S. The van der Waals surface area contributed by atoms with Gasteiger partial charge in [0.15, 0.2) is 0 Å². The molecular weight excluding hydrogens is 543 g/mol. The van der Waals surface area contributed by atoms with Crippen LogP contribution in [0, 0.1) is 5.92 Å². The molecule has 0 unspecified atom stereocenters. The number of carbonyl (C=O) groups is 2. The maximum atomic E-state index is 13.2. The fourth-order valence-corrected chi connectivity index (χ4v) is 6.36. The number of amides is 1. The second-order valence-corrected chi connectivity index (χ2v) is 11.4. The number of thioether (sulfide) groups is 1. The molecule has 1 saturated carbocycles. The quantitative estimate of drug-likeness (QED) is 0.377. The van der Waals surface area contributed by atoms with E-state index in [9.17, 15) is 9.59 Å². The lowest BCUT2D eigenvalue weighted by Gasteiger charge is -2.31. The smallest absolute Gasteiger partial charge is 0.263 e. The molecule has 6 rings (SSSR count). The maximum Gasteiger partial charge on any atom is 0.263 e. The van der Waals surface area contributed by atoms with Gasteiger partial charge in [0.2, 0.25) is 5.95 Å². The Kier molecular flexibility index (Phi) is 7.18. The van der Waals surface area contributed by atoms with E-state index in [0.29, 0.717) is 50.4 Å². The SMILES string of the molecule is O=C(Cc1cc(Nc2ncc3c(n2)SCN(c2c(Cl)cccc2Cl)C3=O)ccc1N1CCNCC1)C1CC1. The van der Waals surface area contributed by atoms with Crippen LogP contribution in [0.25, 0.3) is 0 Å². The minimum atomic E-state index is -0.249. The number of fused-ring (bicyclic) bond motifs is 1. The van der Waals surface area contributed by atoms with E-state index in [2.05, 4.69) is 31.6 Å². The monoisotopic (exact) mass is 568 g/mol. The van der Waals surface area contributed by atoms with Crippen LogP contribution in [0.4, 0.5) is 23.0 Å². The molecule has 2 N–H and O–H groups in total. The van der Waals surface area contributed by atoms with Crippen molar-refractivity contribution in [3.8, 4) is 0 Å². The van der Waals surface area contributed by atoms with Crippen LogP contribution in [-0.4, -0.2) is 53.7 Å². The summed E-state index contributed by atoms with van der Waals surface area (Å²) < 4.78 is 0. The summed E-state index contributed by atoms with van der Waals surface area (Å²) in [4.78, 5) is 38.9. The van der Waals surface area contributed by atoms with Crippen molar-refractivity contribution in [2.24, 2.45) is 5.92 Å². The van der Waals surface area contributed by atoms with Crippen LogP contribution in [-0.2, 0) is 11.2 Å². The lowest BCUT2D eigenvalue weighted by atomic mass is 10.0. The van der Waals surface area contributed by atoms with Gasteiger partial charge in [0.25, 0.3) is 5.91 Å². The van der Waals surface area contributed by atoms with Crippen LogP contribution in [0.2, 0.25) is 10.0 Å². The van der Waals surface area contributed by atoms with E-state index in [-0.39, 0.29) is 11.8 Å². The average molecular weight is 570 g/mol. The Morgan fingerprint density at radius 1 is 1.13 bits per heavy atom. The van der Waals surface area contributed by atoms with Crippen molar-refractivity contribution in [1.82, 2.24) is 15.3 Å². The number of aromatic nitrogens is 2. The van der Waals surface area contributed by atoms with Gasteiger partial charge in [0.1, 0.15) is 10.8 Å². The van der Waals surface area contributed by atoms with Crippen molar-refractivity contribution in [2.75, 3.05) is 47.2 Å². The van der Waals surface area contributed by atoms with Crippen LogP contribution in [0.15, 0.2) is 47.6 Å². The normalized spacial score (nSPS) is 17.4. The Morgan fingerprint density at radius 3 is 2.63 bits per heavy atom. The highest BCUT2D eigenvalue weighted by molar-refractivity contribution is 7.99. The Bertz CT molecular complexity index is 1390. The molecule has 1 aromatic heterocycles. The summed E-state index contributed by atoms with van der Waals surface area (Å²) in [5.74, 6) is 0.991. The number of hydrogen-bond donors (Lipinski definition) is 2. The zero-order chi connectivity index (χ0) is 26.2. The maximum absolute atomic E-state index is 13.2. The summed E-state index contributed by atoms with van der Waals surface area (Å²) >= 11 is 14.1. The van der Waals surface area contributed by atoms with Crippen LogP contribution >= 0.6 is 35.0 Å². The molecule has 2 fully saturated rings. The molecule has 1 aliphatic carbocycles. The summed E-state index contributed by atoms with van der Waals surface area (Å²) in [6, 6.07) is 11.3. The second-order valence-electron chi connectivity index (χ2n) is 9.61. The molecule has 8 nitrogen and oxygen atoms in total. The largest absolute Gasteiger partial charge is 0.369 e. The van der Waals surface area contributed by atoms with Gasteiger partial charge in [-0.3, -0.25) is 14.5 Å². The third kappa shape index (κ3) is 5.20. The van der Waals surface area contributed by atoms with Crippen LogP contribution in [0.3, 0.4) is 0 Å². The van der Waals surface area contributed by atoms with Crippen LogP contribution < -0.4 is 20.4 Å². The van der Waals surface area contributed by atoms with E-state index in [1.807, 2.05) is 12.1 Å². The number of para-hydroxylation sites is 1. The lowest BCUT2D eigenvalue weighted by Crippen LogP contribution is -2.44. The molecule has 2 aliphatic heterocycles. The number of carbonyl (C=O) groups excluding carboxylic acids is 2. The molecule has 3 aliphatic rings. The summed E-state index contributed by atoms with van der Waals surface area (Å²) in [6.07, 6.45) is 3.96. The molecule has 0 spiro atoms. The predicted molar refractivity (Wildman–Crippen MR) is 152 cm³/mol. The van der Waals surface area contributed by atoms with Gasteiger partial charge in [-0.15, -0.1) is 0 Å². The second kappa shape index (κ2) is 10.7. The van der Waals surface area contributed by atoms with Crippen molar-refractivity contribution in [1.29, 1.82) is 0 Å². The van der Waals surface area contributed by atoms with Crippen molar-refractivity contribution in [3.63, 3.8) is 0 Å². The Labute approximate surface area is 235 Å². The first kappa shape index (κ1) is 25.4. The Balaban J connectivity index is 1.24. The minimum Gasteiger partial charge on any atom is -0.369 e. The van der Waals surface area contributed by atoms with Gasteiger partial charge in [-0.25, -0.2) is 9.97 Å². The number of piperazine rings is 1. The standard InChI is InChI=1S/C27H26Cl2N6O2S/c28-20-2-1-3-21(29)24(20)35-15-38-25-19(26(35)37)14-31-27(33-25)32-18-6-7-22(34-10-8-30-9-11-34)17(12-18)13-23(36)16-4-5-16/h1-3,6-7,12,14,16,30H,4-5,8-11,13,15H2,(H,31,32,33). The van der Waals surface area contributed by atoms with Gasteiger partial charge >= 0.3 is 0 Å². The Morgan fingerprint density at radius 2 is 1.89 bits per heavy atom. The average Bonchev–Trinajstić information content (AvgIpc) is 3.76. The first-order chi connectivity index (χ1) is 18.5. The lowest BCUT2D eigenvalue weighted by molar-refractivity contribution is -0.119. The third-order valence-electron chi connectivity index (χ3n) is 6.96. The van der Waals surface area contributed by atoms with Gasteiger partial charge in [0.05, 0.1) is 27.2 Å². The number of Topliss-reactive ketones (excluding diaryl/α,β-unsaturated/α-hetero) is 1. The van der Waals surface area contributed by atoms with E-state index in [1.165, 1.54) is 18.0 Å². The zero-order valence-corrected chi connectivity index (χ0v) is 22.9. The van der Waals surface area contributed by atoms with Crippen LogP contribution in [0.5, 0.6) is 0 Å². The molecule has 196 valence electrons. The summed E-state index contributed by atoms with van der Waals surface area (Å²) in [6.45, 7) is 3.67. The number of rotatable bonds is 7. The number of halogens is 2. The summed E-state index contributed by atoms with van der Waals surface area (Å²) in [5, 5.41) is 8.07. The summed E-state index contributed by atoms with van der Waals surface area (Å²) in [5.41, 5.74) is 3.81. The van der Waals surface area contributed by atoms with Crippen molar-refractivity contribution in [3.05, 3.63) is 63.8 Å². The number of nitrogens with one attached hydrogen (secondary N) is 2. The number of benzene rings is 2. The highest BCUT2D eigenvalue weighted by Gasteiger charge is 2.31. The van der Waals surface area contributed by atoms with E-state index >= 15 is 0 Å². The van der Waals surface area contributed by atoms with Crippen molar-refractivity contribution >= 4 is 69.7 Å². The molecule has 0 bridgehead atoms. The molecule has 3 heterocycles. The number of ketones is 1. The molecule has 0 radical (unpaired) electrons. The van der Waals surface area contributed by atoms with E-state index in [4.69, 9.17) is 23.2 Å². The molecule has 2 aromatic carbocycles. The zero-order valence-electron chi connectivity index (χ0n) is 20.5. The van der Waals surface area contributed by atoms with Gasteiger partial charge in [-0.05, 0) is 48.7 Å². The molecule has 1 amide bonds. The fraction of sp³-hybridized carbons (Fsp3) is 0.333. The third-order valence-corrected chi connectivity index (χ3v) is 8.54. The number of hydrogen-bond acceptors (Lipinski definition) is 8. The molecule has 1 saturated heterocycles. The van der Waals surface area contributed by atoms with Gasteiger partial charge in [0, 0.05) is 56.1 Å². The van der Waals surface area contributed by atoms with Gasteiger partial charge in [-0.2, -0.15) is 0 Å². The van der Waals surface area contributed by atoms with Gasteiger partial charge < -0.3 is 15.5 Å². The van der Waals surface area contributed by atoms with Crippen molar-refractivity contribution < 1.29 is 9.59 Å². The fourth-order valence-electron chi connectivity index (χ4n) is 4.81. The van der Waals surface area contributed by atoms with E-state index in [0.717, 1.165) is 56.0 Å². The predicted octanol–water partition coefficient (Wildman–Crippen LogP) is 5.17. The van der Waals surface area contributed by atoms with Crippen LogP contribution in [0.1, 0.15) is 28.8 Å². The summed E-state index contributed by atoms with van der Waals surface area (Å²) in [7, 11) is 0. The van der Waals surface area contributed by atoms with Gasteiger partial charge in [-0.1, -0.05) is 41.0 Å². The molecule has 38 heavy (non-hydrogen) atoms.